The van der Waals surface area contributed by atoms with Crippen molar-refractivity contribution in [3.8, 4) is 11.3 Å². The van der Waals surface area contributed by atoms with Crippen LogP contribution in [0.3, 0.4) is 0 Å². The minimum Gasteiger partial charge on any atom is -0.388 e. The Kier molecular flexibility index (Phi) is 5.39. The summed E-state index contributed by atoms with van der Waals surface area (Å²) < 4.78 is 14.5. The molecule has 4 aromatic rings. The minimum absolute atomic E-state index is 0.0153. The molecule has 35 heavy (non-hydrogen) atoms. The monoisotopic (exact) mass is 477 g/mol. The first-order valence-electron chi connectivity index (χ1n) is 11.7. The molecule has 2 fully saturated rings. The van der Waals surface area contributed by atoms with Gasteiger partial charge in [-0.15, -0.1) is 0 Å². The number of aromatic nitrogens is 5. The molecule has 1 saturated carbocycles. The number of nitrogens with one attached hydrogen (secondary N) is 2. The summed E-state index contributed by atoms with van der Waals surface area (Å²) in [5.41, 5.74) is 3.10. The van der Waals surface area contributed by atoms with Gasteiger partial charge in [0.25, 0.3) is 5.91 Å². The number of hydrogen-bond acceptors (Lipinski definition) is 8. The Morgan fingerprint density at radius 2 is 2.17 bits per heavy atom. The van der Waals surface area contributed by atoms with Crippen molar-refractivity contribution in [2.45, 2.75) is 37.1 Å². The number of nitrogens with zero attached hydrogens (tertiary/aromatic N) is 5. The third-order valence-corrected chi connectivity index (χ3v) is 7.05. The number of aliphatic hydroxyl groups is 1. The summed E-state index contributed by atoms with van der Waals surface area (Å²) >= 11 is 0. The van der Waals surface area contributed by atoms with Crippen LogP contribution in [0.1, 0.15) is 29.2 Å². The summed E-state index contributed by atoms with van der Waals surface area (Å²) in [6.45, 7) is 0.700. The van der Waals surface area contributed by atoms with Crippen molar-refractivity contribution < 1.29 is 19.4 Å². The van der Waals surface area contributed by atoms with Gasteiger partial charge < -0.3 is 29.8 Å². The molecule has 1 amide bonds. The van der Waals surface area contributed by atoms with Crippen molar-refractivity contribution in [1.29, 1.82) is 0 Å². The Bertz CT molecular complexity index is 1410. The third kappa shape index (κ3) is 3.54. The Morgan fingerprint density at radius 3 is 2.89 bits per heavy atom. The Hall–Kier alpha value is -3.54. The molecule has 0 aromatic carbocycles. The number of carbonyl (C=O) groups is 1. The maximum Gasteiger partial charge on any atom is 0.257 e. The lowest BCUT2D eigenvalue weighted by molar-refractivity contribution is 0.00732. The first-order chi connectivity index (χ1) is 17.1. The third-order valence-electron chi connectivity index (χ3n) is 7.05. The molecule has 1 aliphatic heterocycles. The van der Waals surface area contributed by atoms with Crippen molar-refractivity contribution in [2.24, 2.45) is 0 Å². The van der Waals surface area contributed by atoms with Crippen molar-refractivity contribution in [2.75, 3.05) is 32.7 Å². The van der Waals surface area contributed by atoms with E-state index in [1.165, 1.54) is 0 Å². The first kappa shape index (κ1) is 22.0. The quantitative estimate of drug-likeness (QED) is 0.382. The zero-order valence-corrected chi connectivity index (χ0v) is 19.5. The molecule has 6 rings (SSSR count). The molecule has 0 unspecified atom stereocenters. The minimum atomic E-state index is -0.615. The summed E-state index contributed by atoms with van der Waals surface area (Å²) in [5.74, 6) is 0.463. The maximum atomic E-state index is 13.1. The SMILES string of the molecule is CNc1cc(-c2cn([C@@H]3COC[C@H]3O)c3ncccc23)nc2c(C(=O)N[C@H]3CC[C@@H]3OC)cnn12. The molecule has 2 aliphatic rings. The molecular formula is C24H27N7O4. The predicted octanol–water partition coefficient (Wildman–Crippen LogP) is 1.63. The average Bonchev–Trinajstić information content (AvgIpc) is 3.57. The highest BCUT2D eigenvalue weighted by molar-refractivity contribution is 6.01. The fourth-order valence-corrected chi connectivity index (χ4v) is 4.94. The van der Waals surface area contributed by atoms with E-state index in [-0.39, 0.29) is 24.1 Å². The van der Waals surface area contributed by atoms with E-state index < -0.39 is 6.10 Å². The highest BCUT2D eigenvalue weighted by atomic mass is 16.5. The van der Waals surface area contributed by atoms with Crippen molar-refractivity contribution in [3.05, 3.63) is 42.4 Å². The molecule has 11 heteroatoms. The molecule has 1 aliphatic carbocycles. The van der Waals surface area contributed by atoms with Crippen LogP contribution in [0.4, 0.5) is 5.82 Å². The van der Waals surface area contributed by atoms with E-state index in [0.29, 0.717) is 35.9 Å². The Labute approximate surface area is 201 Å². The number of anilines is 1. The second-order valence-electron chi connectivity index (χ2n) is 9.00. The Balaban J connectivity index is 1.45. The van der Waals surface area contributed by atoms with Crippen LogP contribution in [0.2, 0.25) is 0 Å². The smallest absolute Gasteiger partial charge is 0.257 e. The topological polar surface area (TPSA) is 128 Å². The molecule has 0 radical (unpaired) electrons. The number of aliphatic hydroxyl groups excluding tert-OH is 1. The highest BCUT2D eigenvalue weighted by Crippen LogP contribution is 2.34. The van der Waals surface area contributed by atoms with Crippen LogP contribution in [-0.2, 0) is 9.47 Å². The van der Waals surface area contributed by atoms with E-state index in [1.54, 1.807) is 31.1 Å². The Morgan fingerprint density at radius 1 is 1.29 bits per heavy atom. The zero-order valence-electron chi connectivity index (χ0n) is 19.5. The van der Waals surface area contributed by atoms with E-state index >= 15 is 0 Å². The maximum absolute atomic E-state index is 13.1. The van der Waals surface area contributed by atoms with E-state index in [4.69, 9.17) is 14.5 Å². The van der Waals surface area contributed by atoms with Gasteiger partial charge >= 0.3 is 0 Å². The van der Waals surface area contributed by atoms with Gasteiger partial charge in [0.15, 0.2) is 5.65 Å². The van der Waals surface area contributed by atoms with Gasteiger partial charge in [-0.25, -0.2) is 9.97 Å². The summed E-state index contributed by atoms with van der Waals surface area (Å²) in [6.07, 6.45) is 6.45. The number of rotatable bonds is 6. The van der Waals surface area contributed by atoms with E-state index in [0.717, 1.165) is 29.4 Å². The van der Waals surface area contributed by atoms with Crippen LogP contribution in [-0.4, -0.2) is 80.8 Å². The first-order valence-corrected chi connectivity index (χ1v) is 11.7. The zero-order chi connectivity index (χ0) is 24.1. The van der Waals surface area contributed by atoms with Gasteiger partial charge in [-0.2, -0.15) is 9.61 Å². The van der Waals surface area contributed by atoms with Crippen molar-refractivity contribution >= 4 is 28.4 Å². The molecule has 11 nitrogen and oxygen atoms in total. The predicted molar refractivity (Wildman–Crippen MR) is 128 cm³/mol. The number of methoxy groups -OCH3 is 1. The molecule has 182 valence electrons. The number of pyridine rings is 1. The largest absolute Gasteiger partial charge is 0.388 e. The van der Waals surface area contributed by atoms with E-state index in [1.807, 2.05) is 29.0 Å². The second-order valence-corrected chi connectivity index (χ2v) is 9.00. The second kappa shape index (κ2) is 8.59. The lowest BCUT2D eigenvalue weighted by Gasteiger charge is -2.35. The highest BCUT2D eigenvalue weighted by Gasteiger charge is 2.33. The van der Waals surface area contributed by atoms with Gasteiger partial charge in [0.05, 0.1) is 43.3 Å². The standard InChI is InChI=1S/C24H27N7O4/c1-25-21-8-17(15-10-30(18-11-35-12-19(18)32)22-13(15)4-3-7-26-22)28-23-14(9-27-31(21)23)24(33)29-16-5-6-20(16)34-2/h3-4,7-10,16,18-20,25,32H,5-6,11-12H2,1-2H3,(H,29,33)/t16-,18+,19+,20-/m0/s1. The van der Waals surface area contributed by atoms with Gasteiger partial charge in [0.1, 0.15) is 23.1 Å². The molecule has 0 bridgehead atoms. The van der Waals surface area contributed by atoms with Crippen LogP contribution in [0, 0.1) is 0 Å². The van der Waals surface area contributed by atoms with Crippen LogP contribution in [0.5, 0.6) is 0 Å². The van der Waals surface area contributed by atoms with Crippen LogP contribution in [0.15, 0.2) is 36.8 Å². The fraction of sp³-hybridized carbons (Fsp3) is 0.417. The summed E-state index contributed by atoms with van der Waals surface area (Å²) in [5, 5.41) is 22.0. The van der Waals surface area contributed by atoms with Gasteiger partial charge in [-0.05, 0) is 25.0 Å². The van der Waals surface area contributed by atoms with Crippen LogP contribution < -0.4 is 10.6 Å². The molecule has 0 spiro atoms. The molecular weight excluding hydrogens is 450 g/mol. The van der Waals surface area contributed by atoms with E-state index in [9.17, 15) is 9.90 Å². The van der Waals surface area contributed by atoms with Gasteiger partial charge in [0.2, 0.25) is 0 Å². The molecule has 3 N–H and O–H groups in total. The normalized spacial score (nSPS) is 24.1. The summed E-state index contributed by atoms with van der Waals surface area (Å²) in [6, 6.07) is 5.49. The van der Waals surface area contributed by atoms with Crippen molar-refractivity contribution in [1.82, 2.24) is 29.5 Å². The lowest BCUT2D eigenvalue weighted by Crippen LogP contribution is -2.51. The lowest BCUT2D eigenvalue weighted by atomic mass is 9.89. The number of hydrogen-bond donors (Lipinski definition) is 3. The van der Waals surface area contributed by atoms with Crippen LogP contribution in [0.25, 0.3) is 27.9 Å². The van der Waals surface area contributed by atoms with Crippen molar-refractivity contribution in [3.63, 3.8) is 0 Å². The number of amides is 1. The molecule has 4 aromatic heterocycles. The van der Waals surface area contributed by atoms with Gasteiger partial charge in [-0.3, -0.25) is 4.79 Å². The summed E-state index contributed by atoms with van der Waals surface area (Å²) in [4.78, 5) is 22.6. The molecule has 4 atom stereocenters. The van der Waals surface area contributed by atoms with Gasteiger partial charge in [-0.1, -0.05) is 0 Å². The average molecular weight is 478 g/mol. The number of ether oxygens (including phenoxy) is 2. The van der Waals surface area contributed by atoms with E-state index in [2.05, 4.69) is 20.7 Å². The number of fused-ring (bicyclic) bond motifs is 2. The number of carbonyl (C=O) groups excluding carboxylic acids is 1. The molecule has 1 saturated heterocycles. The molecule has 5 heterocycles. The van der Waals surface area contributed by atoms with Crippen LogP contribution >= 0.6 is 0 Å². The van der Waals surface area contributed by atoms with Gasteiger partial charge in [0, 0.05) is 43.6 Å². The fourth-order valence-electron chi connectivity index (χ4n) is 4.94. The summed E-state index contributed by atoms with van der Waals surface area (Å²) in [7, 11) is 3.46.